The second kappa shape index (κ2) is 11.8. The Kier molecular flexibility index (Phi) is 7.66. The number of amides is 1. The quantitative estimate of drug-likeness (QED) is 0.266. The molecule has 1 fully saturated rings. The van der Waals surface area contributed by atoms with E-state index in [1.54, 1.807) is 31.4 Å². The van der Waals surface area contributed by atoms with Gasteiger partial charge in [0.05, 0.1) is 36.1 Å². The number of alkyl halides is 1. The number of anilines is 1. The number of likely N-dealkylation sites (tertiary alicyclic amines) is 1. The van der Waals surface area contributed by atoms with Gasteiger partial charge in [0.2, 0.25) is 0 Å². The molecule has 2 atom stereocenters. The van der Waals surface area contributed by atoms with Gasteiger partial charge in [-0.15, -0.1) is 0 Å². The summed E-state index contributed by atoms with van der Waals surface area (Å²) in [5, 5.41) is 10.5. The van der Waals surface area contributed by atoms with Gasteiger partial charge in [0.1, 0.15) is 23.3 Å². The minimum atomic E-state index is -1.17. The fraction of sp³-hybridized carbons (Fsp3) is 0.353. The summed E-state index contributed by atoms with van der Waals surface area (Å²) in [7, 11) is 1.55. The summed E-state index contributed by atoms with van der Waals surface area (Å²) in [6.45, 7) is 3.06. The van der Waals surface area contributed by atoms with Crippen LogP contribution in [0.1, 0.15) is 28.8 Å². The summed E-state index contributed by atoms with van der Waals surface area (Å²) in [6, 6.07) is 17.7. The van der Waals surface area contributed by atoms with Gasteiger partial charge in [0.15, 0.2) is 5.82 Å². The Hall–Kier alpha value is -4.48. The Balaban J connectivity index is 1.40. The molecule has 4 heterocycles. The number of hydrogen-bond acceptors (Lipinski definition) is 6. The number of hydrogen-bond donors (Lipinski definition) is 2. The highest BCUT2D eigenvalue weighted by molar-refractivity contribution is 6.01. The maximum absolute atomic E-state index is 14.4. The van der Waals surface area contributed by atoms with Gasteiger partial charge in [-0.1, -0.05) is 24.3 Å². The van der Waals surface area contributed by atoms with Crippen molar-refractivity contribution >= 4 is 33.5 Å². The lowest BCUT2D eigenvalue weighted by atomic mass is 10.0. The number of imidazole rings is 1. The van der Waals surface area contributed by atoms with Crippen LogP contribution < -0.4 is 15.4 Å². The second-order valence-corrected chi connectivity index (χ2v) is 12.0. The number of aliphatic hydroxyl groups is 1. The second-order valence-electron chi connectivity index (χ2n) is 12.0. The zero-order chi connectivity index (χ0) is 31.2. The molecule has 7 rings (SSSR count). The van der Waals surface area contributed by atoms with Gasteiger partial charge in [0, 0.05) is 56.3 Å². The molecule has 45 heavy (non-hydrogen) atoms. The average Bonchev–Trinajstić information content (AvgIpc) is 3.59. The van der Waals surface area contributed by atoms with Gasteiger partial charge in [-0.3, -0.25) is 4.79 Å². The molecule has 0 aliphatic carbocycles. The van der Waals surface area contributed by atoms with E-state index in [2.05, 4.69) is 32.2 Å². The largest absolute Gasteiger partial charge is 0.494 e. The molecule has 0 bridgehead atoms. The molecule has 0 unspecified atom stereocenters. The van der Waals surface area contributed by atoms with Crippen LogP contribution in [0.25, 0.3) is 33.5 Å². The Labute approximate surface area is 259 Å². The zero-order valence-electron chi connectivity index (χ0n) is 25.1. The summed E-state index contributed by atoms with van der Waals surface area (Å²) >= 11 is 0. The summed E-state index contributed by atoms with van der Waals surface area (Å²) in [4.78, 5) is 22.5. The highest BCUT2D eigenvalue weighted by Gasteiger charge is 2.31. The number of para-hydroxylation sites is 1. The molecule has 2 aliphatic rings. The predicted molar refractivity (Wildman–Crippen MR) is 170 cm³/mol. The number of nitrogens with two attached hydrogens (primary N) is 1. The van der Waals surface area contributed by atoms with Crippen LogP contribution in [0.2, 0.25) is 0 Å². The number of halogens is 2. The molecule has 11 heteroatoms. The first-order valence-corrected chi connectivity index (χ1v) is 15.3. The number of carbonyl (C=O) groups excluding carboxylic acids is 1. The highest BCUT2D eigenvalue weighted by atomic mass is 19.1. The number of aromatic nitrogens is 3. The summed E-state index contributed by atoms with van der Waals surface area (Å²) in [5.41, 5.74) is 11.6. The van der Waals surface area contributed by atoms with Crippen LogP contribution >= 0.6 is 0 Å². The Morgan fingerprint density at radius 2 is 1.91 bits per heavy atom. The number of fused-ring (bicyclic) bond motifs is 1. The number of piperidine rings is 1. The molecule has 234 valence electrons. The number of benzene rings is 3. The van der Waals surface area contributed by atoms with Crippen molar-refractivity contribution in [3.63, 3.8) is 0 Å². The first kappa shape index (κ1) is 29.2. The molecule has 9 nitrogen and oxygen atoms in total. The van der Waals surface area contributed by atoms with E-state index in [1.165, 1.54) is 17.0 Å². The van der Waals surface area contributed by atoms with Gasteiger partial charge in [-0.25, -0.2) is 13.8 Å². The minimum absolute atomic E-state index is 0.00506. The van der Waals surface area contributed by atoms with Crippen LogP contribution in [-0.2, 0) is 13.1 Å². The van der Waals surface area contributed by atoms with Crippen LogP contribution in [0, 0.1) is 5.82 Å². The van der Waals surface area contributed by atoms with Crippen molar-refractivity contribution in [3.05, 3.63) is 77.6 Å². The van der Waals surface area contributed by atoms with Crippen molar-refractivity contribution in [2.75, 3.05) is 44.8 Å². The first-order chi connectivity index (χ1) is 21.8. The first-order valence-electron chi connectivity index (χ1n) is 15.3. The number of ether oxygens (including phenoxy) is 1. The fourth-order valence-electron chi connectivity index (χ4n) is 6.87. The molecular formula is C34H36F2N6O3. The van der Waals surface area contributed by atoms with Gasteiger partial charge < -0.3 is 34.5 Å². The van der Waals surface area contributed by atoms with Crippen molar-refractivity contribution in [2.24, 2.45) is 5.73 Å². The van der Waals surface area contributed by atoms with E-state index >= 15 is 0 Å². The third kappa shape index (κ3) is 5.29. The number of nitrogens with zero attached hydrogens (tertiary/aromatic N) is 5. The standard InChI is InChI=1S/C34H36F2N6O3/c1-45-30-16-23(34(44)40-19-25(36)17-26(37)20-40)14-27-32(30)42(18-21-6-8-24(35)9-7-21)33(38-27)29-15-22-4-2-5-28-31(22)41(29)12-11-39(28)10-3-13-43/h2,4-9,14-16,25-26,43H,3,10-13,17-20,37H2,1H3/t25-,26-/m1/s1. The average molecular weight is 615 g/mol. The van der Waals surface area contributed by atoms with Crippen LogP contribution in [0.15, 0.2) is 60.7 Å². The van der Waals surface area contributed by atoms with Gasteiger partial charge in [-0.05, 0) is 54.8 Å². The number of methoxy groups -OCH3 is 1. The summed E-state index contributed by atoms with van der Waals surface area (Å²) in [6.07, 6.45) is -0.249. The lowest BCUT2D eigenvalue weighted by Crippen LogP contribution is -2.50. The fourth-order valence-corrected chi connectivity index (χ4v) is 6.87. The van der Waals surface area contributed by atoms with Crippen molar-refractivity contribution in [1.82, 2.24) is 19.0 Å². The SMILES string of the molecule is COc1cc(C(=O)N2C[C@H](N)C[C@@H](F)C2)cc2nc(-c3cc4cccc5c4n3CCN5CCCO)n(Cc3ccc(F)cc3)c12. The van der Waals surface area contributed by atoms with Crippen LogP contribution in [-0.4, -0.2) is 82.1 Å². The Morgan fingerprint density at radius 3 is 2.67 bits per heavy atom. The summed E-state index contributed by atoms with van der Waals surface area (Å²) < 4.78 is 38.4. The number of rotatable bonds is 8. The Morgan fingerprint density at radius 1 is 1.09 bits per heavy atom. The van der Waals surface area contributed by atoms with Crippen LogP contribution in [0.4, 0.5) is 14.5 Å². The maximum Gasteiger partial charge on any atom is 0.254 e. The van der Waals surface area contributed by atoms with E-state index in [0.717, 1.165) is 47.5 Å². The number of carbonyl (C=O) groups is 1. The van der Waals surface area contributed by atoms with E-state index in [4.69, 9.17) is 15.5 Å². The lowest BCUT2D eigenvalue weighted by molar-refractivity contribution is 0.0606. The minimum Gasteiger partial charge on any atom is -0.494 e. The van der Waals surface area contributed by atoms with Crippen molar-refractivity contribution in [2.45, 2.75) is 38.1 Å². The van der Waals surface area contributed by atoms with E-state index in [9.17, 15) is 18.7 Å². The van der Waals surface area contributed by atoms with E-state index in [0.29, 0.717) is 41.1 Å². The van der Waals surface area contributed by atoms with Crippen molar-refractivity contribution in [1.29, 1.82) is 0 Å². The molecule has 1 saturated heterocycles. The topological polar surface area (TPSA) is 102 Å². The van der Waals surface area contributed by atoms with E-state index in [-0.39, 0.29) is 37.8 Å². The lowest BCUT2D eigenvalue weighted by Gasteiger charge is -2.33. The van der Waals surface area contributed by atoms with Gasteiger partial charge in [-0.2, -0.15) is 0 Å². The van der Waals surface area contributed by atoms with Crippen LogP contribution in [0.3, 0.4) is 0 Å². The van der Waals surface area contributed by atoms with E-state index in [1.807, 2.05) is 6.07 Å². The third-order valence-electron chi connectivity index (χ3n) is 8.90. The molecule has 1 amide bonds. The molecule has 0 radical (unpaired) electrons. The predicted octanol–water partition coefficient (Wildman–Crippen LogP) is 4.57. The smallest absolute Gasteiger partial charge is 0.254 e. The third-order valence-corrected chi connectivity index (χ3v) is 8.90. The van der Waals surface area contributed by atoms with Crippen molar-refractivity contribution < 1.29 is 23.4 Å². The molecule has 2 aromatic heterocycles. The molecule has 5 aromatic rings. The maximum atomic E-state index is 14.4. The molecule has 0 spiro atoms. The zero-order valence-corrected chi connectivity index (χ0v) is 25.1. The monoisotopic (exact) mass is 614 g/mol. The molecule has 0 saturated carbocycles. The molecule has 3 aromatic carbocycles. The van der Waals surface area contributed by atoms with Crippen molar-refractivity contribution in [3.8, 4) is 17.3 Å². The Bertz CT molecular complexity index is 1880. The number of aliphatic hydroxyl groups excluding tert-OH is 1. The normalized spacial score (nSPS) is 18.2. The molecular weight excluding hydrogens is 578 g/mol. The van der Waals surface area contributed by atoms with Gasteiger partial charge in [0.25, 0.3) is 5.91 Å². The van der Waals surface area contributed by atoms with E-state index < -0.39 is 12.2 Å². The molecule has 2 aliphatic heterocycles. The molecule has 3 N–H and O–H groups in total. The van der Waals surface area contributed by atoms with Gasteiger partial charge >= 0.3 is 0 Å². The van der Waals surface area contributed by atoms with Crippen LogP contribution in [0.5, 0.6) is 5.75 Å². The highest BCUT2D eigenvalue weighted by Crippen LogP contribution is 2.39. The summed E-state index contributed by atoms with van der Waals surface area (Å²) in [5.74, 6) is 0.509.